The molecule has 132 valence electrons. The van der Waals surface area contributed by atoms with E-state index >= 15 is 0 Å². The highest BCUT2D eigenvalue weighted by Gasteiger charge is 2.18. The lowest BCUT2D eigenvalue weighted by molar-refractivity contribution is -0.115. The summed E-state index contributed by atoms with van der Waals surface area (Å²) < 4.78 is 1.60. The second-order valence-corrected chi connectivity index (χ2v) is 5.87. The van der Waals surface area contributed by atoms with Crippen molar-refractivity contribution in [2.24, 2.45) is 0 Å². The van der Waals surface area contributed by atoms with Gasteiger partial charge in [-0.15, -0.1) is 5.10 Å². The molecule has 1 aromatic heterocycles. The quantitative estimate of drug-likeness (QED) is 0.739. The van der Waals surface area contributed by atoms with E-state index < -0.39 is 5.91 Å². The number of para-hydroxylation sites is 1. The zero-order valence-electron chi connectivity index (χ0n) is 14.6. The van der Waals surface area contributed by atoms with E-state index in [-0.39, 0.29) is 18.1 Å². The summed E-state index contributed by atoms with van der Waals surface area (Å²) in [5, 5.41) is 13.3. The summed E-state index contributed by atoms with van der Waals surface area (Å²) in [6, 6.07) is 16.8. The van der Waals surface area contributed by atoms with Crippen LogP contribution in [0.2, 0.25) is 0 Å². The first-order valence-electron chi connectivity index (χ1n) is 8.17. The molecule has 0 aliphatic heterocycles. The van der Waals surface area contributed by atoms with E-state index in [0.29, 0.717) is 11.4 Å². The molecule has 0 bridgehead atoms. The number of rotatable bonds is 5. The standard InChI is InChI=1S/C19H19N5O2/c1-13-8-10-16(11-9-13)24-14(2)18(22-23-24)19(26)20-12-17(25)21-15-6-4-3-5-7-15/h3-11H,12H2,1-2H3,(H,20,26)(H,21,25). The molecule has 0 radical (unpaired) electrons. The first-order chi connectivity index (χ1) is 12.5. The minimum absolute atomic E-state index is 0.148. The highest BCUT2D eigenvalue weighted by Crippen LogP contribution is 2.13. The molecule has 0 aliphatic carbocycles. The van der Waals surface area contributed by atoms with Crippen molar-refractivity contribution in [1.82, 2.24) is 20.3 Å². The fourth-order valence-electron chi connectivity index (χ4n) is 2.44. The van der Waals surface area contributed by atoms with Gasteiger partial charge < -0.3 is 10.6 Å². The molecule has 0 spiro atoms. The maximum Gasteiger partial charge on any atom is 0.274 e. The van der Waals surface area contributed by atoms with Crippen molar-refractivity contribution in [2.75, 3.05) is 11.9 Å². The fraction of sp³-hybridized carbons (Fsp3) is 0.158. The Morgan fingerprint density at radius 3 is 2.38 bits per heavy atom. The van der Waals surface area contributed by atoms with Gasteiger partial charge in [-0.05, 0) is 38.1 Å². The van der Waals surface area contributed by atoms with Gasteiger partial charge >= 0.3 is 0 Å². The van der Waals surface area contributed by atoms with Crippen molar-refractivity contribution in [1.29, 1.82) is 0 Å². The Morgan fingerprint density at radius 2 is 1.69 bits per heavy atom. The van der Waals surface area contributed by atoms with Crippen LogP contribution in [0.25, 0.3) is 5.69 Å². The average molecular weight is 349 g/mol. The van der Waals surface area contributed by atoms with Crippen LogP contribution in [0.3, 0.4) is 0 Å². The summed E-state index contributed by atoms with van der Waals surface area (Å²) in [5.41, 5.74) is 3.43. The number of carbonyl (C=O) groups excluding carboxylic acids is 2. The van der Waals surface area contributed by atoms with Crippen molar-refractivity contribution < 1.29 is 9.59 Å². The molecule has 0 aliphatic rings. The summed E-state index contributed by atoms with van der Waals surface area (Å²) in [5.74, 6) is -0.753. The number of nitrogens with zero attached hydrogens (tertiary/aromatic N) is 3. The van der Waals surface area contributed by atoms with Crippen LogP contribution in [0.4, 0.5) is 5.69 Å². The van der Waals surface area contributed by atoms with Gasteiger partial charge in [0.15, 0.2) is 5.69 Å². The number of carbonyl (C=O) groups is 2. The molecule has 2 amide bonds. The van der Waals surface area contributed by atoms with Gasteiger partial charge in [0.25, 0.3) is 5.91 Å². The number of aromatic nitrogens is 3. The monoisotopic (exact) mass is 349 g/mol. The topological polar surface area (TPSA) is 88.9 Å². The summed E-state index contributed by atoms with van der Waals surface area (Å²) in [7, 11) is 0. The summed E-state index contributed by atoms with van der Waals surface area (Å²) in [6.45, 7) is 3.61. The molecule has 7 nitrogen and oxygen atoms in total. The second-order valence-electron chi connectivity index (χ2n) is 5.87. The van der Waals surface area contributed by atoms with Crippen LogP contribution >= 0.6 is 0 Å². The molecule has 0 unspecified atom stereocenters. The van der Waals surface area contributed by atoms with Gasteiger partial charge in [0.05, 0.1) is 17.9 Å². The van der Waals surface area contributed by atoms with E-state index in [1.165, 1.54) is 0 Å². The predicted octanol–water partition coefficient (Wildman–Crippen LogP) is 2.25. The van der Waals surface area contributed by atoms with E-state index in [9.17, 15) is 9.59 Å². The van der Waals surface area contributed by atoms with Gasteiger partial charge in [-0.3, -0.25) is 9.59 Å². The lowest BCUT2D eigenvalue weighted by Gasteiger charge is -2.06. The SMILES string of the molecule is Cc1ccc(-n2nnc(C(=O)NCC(=O)Nc3ccccc3)c2C)cc1. The number of hydrogen-bond donors (Lipinski definition) is 2. The third-order valence-corrected chi connectivity index (χ3v) is 3.86. The normalized spacial score (nSPS) is 10.4. The molecule has 3 rings (SSSR count). The number of aryl methyl sites for hydroxylation is 1. The molecular weight excluding hydrogens is 330 g/mol. The summed E-state index contributed by atoms with van der Waals surface area (Å²) >= 11 is 0. The van der Waals surface area contributed by atoms with Crippen molar-refractivity contribution in [3.8, 4) is 5.69 Å². The third kappa shape index (κ3) is 3.94. The Morgan fingerprint density at radius 1 is 1.00 bits per heavy atom. The van der Waals surface area contributed by atoms with E-state index in [1.54, 1.807) is 23.7 Å². The van der Waals surface area contributed by atoms with Crippen molar-refractivity contribution in [3.05, 3.63) is 71.5 Å². The summed E-state index contributed by atoms with van der Waals surface area (Å²) in [4.78, 5) is 24.2. The number of nitrogens with one attached hydrogen (secondary N) is 2. The zero-order chi connectivity index (χ0) is 18.5. The summed E-state index contributed by atoms with van der Waals surface area (Å²) in [6.07, 6.45) is 0. The first-order valence-corrected chi connectivity index (χ1v) is 8.17. The molecule has 26 heavy (non-hydrogen) atoms. The van der Waals surface area contributed by atoms with Crippen molar-refractivity contribution >= 4 is 17.5 Å². The molecule has 3 aromatic rings. The lowest BCUT2D eigenvalue weighted by atomic mass is 10.2. The fourth-order valence-corrected chi connectivity index (χ4v) is 2.44. The van der Waals surface area contributed by atoms with Crippen molar-refractivity contribution in [3.63, 3.8) is 0 Å². The molecule has 2 N–H and O–H groups in total. The predicted molar refractivity (Wildman–Crippen MR) is 98.2 cm³/mol. The third-order valence-electron chi connectivity index (χ3n) is 3.86. The average Bonchev–Trinajstić information content (AvgIpc) is 3.03. The second kappa shape index (κ2) is 7.60. The Labute approximate surface area is 151 Å². The van der Waals surface area contributed by atoms with E-state index in [0.717, 1.165) is 11.3 Å². The lowest BCUT2D eigenvalue weighted by Crippen LogP contribution is -2.33. The first kappa shape index (κ1) is 17.3. The minimum Gasteiger partial charge on any atom is -0.342 e. The molecule has 2 aromatic carbocycles. The van der Waals surface area contributed by atoms with Crippen LogP contribution in [0.15, 0.2) is 54.6 Å². The Kier molecular flexibility index (Phi) is 5.07. The van der Waals surface area contributed by atoms with Crippen LogP contribution < -0.4 is 10.6 Å². The number of hydrogen-bond acceptors (Lipinski definition) is 4. The van der Waals surface area contributed by atoms with Gasteiger partial charge in [0.1, 0.15) is 0 Å². The Bertz CT molecular complexity index is 917. The van der Waals surface area contributed by atoms with Gasteiger partial charge in [0, 0.05) is 5.69 Å². The van der Waals surface area contributed by atoms with Crippen LogP contribution in [0.5, 0.6) is 0 Å². The largest absolute Gasteiger partial charge is 0.342 e. The molecule has 0 fully saturated rings. The van der Waals surface area contributed by atoms with Crippen LogP contribution in [-0.2, 0) is 4.79 Å². The van der Waals surface area contributed by atoms with Crippen molar-refractivity contribution in [2.45, 2.75) is 13.8 Å². The smallest absolute Gasteiger partial charge is 0.274 e. The van der Waals surface area contributed by atoms with Crippen LogP contribution in [-0.4, -0.2) is 33.4 Å². The number of benzene rings is 2. The molecule has 0 atom stereocenters. The van der Waals surface area contributed by atoms with Gasteiger partial charge in [0.2, 0.25) is 5.91 Å². The molecule has 0 saturated heterocycles. The minimum atomic E-state index is -0.441. The molecular formula is C19H19N5O2. The molecule has 1 heterocycles. The molecule has 0 saturated carbocycles. The zero-order valence-corrected chi connectivity index (χ0v) is 14.6. The van der Waals surface area contributed by atoms with Crippen LogP contribution in [0, 0.1) is 13.8 Å². The van der Waals surface area contributed by atoms with E-state index in [1.807, 2.05) is 49.4 Å². The maximum atomic E-state index is 12.3. The number of amides is 2. The maximum absolute atomic E-state index is 12.3. The highest BCUT2D eigenvalue weighted by molar-refractivity contribution is 5.98. The van der Waals surface area contributed by atoms with E-state index in [4.69, 9.17) is 0 Å². The van der Waals surface area contributed by atoms with Gasteiger partial charge in [-0.1, -0.05) is 41.1 Å². The molecule has 7 heteroatoms. The van der Waals surface area contributed by atoms with Crippen LogP contribution in [0.1, 0.15) is 21.7 Å². The van der Waals surface area contributed by atoms with Gasteiger partial charge in [-0.25, -0.2) is 4.68 Å². The van der Waals surface area contributed by atoms with E-state index in [2.05, 4.69) is 20.9 Å². The van der Waals surface area contributed by atoms with Gasteiger partial charge in [-0.2, -0.15) is 0 Å². The number of anilines is 1. The Balaban J connectivity index is 1.63. The highest BCUT2D eigenvalue weighted by atomic mass is 16.2. The Hall–Kier alpha value is -3.48.